The first-order valence-electron chi connectivity index (χ1n) is 5.95. The molecule has 1 aromatic carbocycles. The van der Waals surface area contributed by atoms with Gasteiger partial charge in [0.25, 0.3) is 0 Å². The standard InChI is InChI=1S/C13H20N2O2/c1-13(7-4-8-17-13)9-15-10-5-3-6-11(16-2)12(10)14/h3,5-6,15H,4,7-9,14H2,1-2H3. The highest BCUT2D eigenvalue weighted by Gasteiger charge is 2.29. The van der Waals surface area contributed by atoms with Crippen LogP contribution in [0.15, 0.2) is 18.2 Å². The number of nitrogens with two attached hydrogens (primary N) is 1. The van der Waals surface area contributed by atoms with Gasteiger partial charge in [0.15, 0.2) is 0 Å². The van der Waals surface area contributed by atoms with E-state index < -0.39 is 0 Å². The van der Waals surface area contributed by atoms with E-state index in [0.717, 1.165) is 31.7 Å². The van der Waals surface area contributed by atoms with Crippen molar-refractivity contribution < 1.29 is 9.47 Å². The maximum absolute atomic E-state index is 5.99. The molecule has 0 spiro atoms. The van der Waals surface area contributed by atoms with Crippen molar-refractivity contribution in [2.45, 2.75) is 25.4 Å². The van der Waals surface area contributed by atoms with Gasteiger partial charge in [0.05, 0.1) is 24.1 Å². The Bertz CT molecular complexity index is 387. The second kappa shape index (κ2) is 4.84. The SMILES string of the molecule is COc1cccc(NCC2(C)CCCO2)c1N. The van der Waals surface area contributed by atoms with Crippen LogP contribution < -0.4 is 15.8 Å². The Morgan fingerprint density at radius 1 is 1.53 bits per heavy atom. The Hall–Kier alpha value is -1.42. The molecule has 1 atom stereocenters. The Kier molecular flexibility index (Phi) is 3.43. The summed E-state index contributed by atoms with van der Waals surface area (Å²) in [6.07, 6.45) is 2.22. The Labute approximate surface area is 102 Å². The van der Waals surface area contributed by atoms with E-state index in [1.54, 1.807) is 7.11 Å². The van der Waals surface area contributed by atoms with Crippen molar-refractivity contribution in [3.05, 3.63) is 18.2 Å². The van der Waals surface area contributed by atoms with E-state index >= 15 is 0 Å². The summed E-state index contributed by atoms with van der Waals surface area (Å²) in [6.45, 7) is 3.75. The zero-order chi connectivity index (χ0) is 12.3. The number of methoxy groups -OCH3 is 1. The van der Waals surface area contributed by atoms with Crippen molar-refractivity contribution >= 4 is 11.4 Å². The van der Waals surface area contributed by atoms with Crippen molar-refractivity contribution in [3.8, 4) is 5.75 Å². The van der Waals surface area contributed by atoms with E-state index in [1.165, 1.54) is 0 Å². The molecule has 0 saturated carbocycles. The van der Waals surface area contributed by atoms with E-state index in [0.29, 0.717) is 11.4 Å². The molecule has 1 fully saturated rings. The van der Waals surface area contributed by atoms with Crippen LogP contribution in [0.2, 0.25) is 0 Å². The summed E-state index contributed by atoms with van der Waals surface area (Å²) in [5.74, 6) is 0.701. The number of anilines is 2. The third-order valence-electron chi connectivity index (χ3n) is 3.24. The molecule has 0 aromatic heterocycles. The lowest BCUT2D eigenvalue weighted by molar-refractivity contribution is 0.0315. The highest BCUT2D eigenvalue weighted by molar-refractivity contribution is 5.72. The molecule has 1 heterocycles. The number of ether oxygens (including phenoxy) is 2. The highest BCUT2D eigenvalue weighted by Crippen LogP contribution is 2.31. The zero-order valence-corrected chi connectivity index (χ0v) is 10.5. The molecular weight excluding hydrogens is 216 g/mol. The molecule has 94 valence electrons. The van der Waals surface area contributed by atoms with E-state index in [-0.39, 0.29) is 5.60 Å². The van der Waals surface area contributed by atoms with Crippen LogP contribution in [0, 0.1) is 0 Å². The first-order valence-corrected chi connectivity index (χ1v) is 5.95. The van der Waals surface area contributed by atoms with Crippen LogP contribution in [0.5, 0.6) is 5.75 Å². The van der Waals surface area contributed by atoms with Gasteiger partial charge in [-0.2, -0.15) is 0 Å². The van der Waals surface area contributed by atoms with Gasteiger partial charge in [-0.15, -0.1) is 0 Å². The minimum absolute atomic E-state index is 0.0739. The predicted octanol–water partition coefficient (Wildman–Crippen LogP) is 2.26. The van der Waals surface area contributed by atoms with Crippen molar-refractivity contribution in [2.75, 3.05) is 31.3 Å². The van der Waals surface area contributed by atoms with Gasteiger partial charge >= 0.3 is 0 Å². The van der Waals surface area contributed by atoms with Crippen LogP contribution in [0.3, 0.4) is 0 Å². The van der Waals surface area contributed by atoms with Crippen molar-refractivity contribution in [1.29, 1.82) is 0 Å². The first kappa shape index (κ1) is 12.0. The molecule has 17 heavy (non-hydrogen) atoms. The van der Waals surface area contributed by atoms with E-state index in [1.807, 2.05) is 18.2 Å². The van der Waals surface area contributed by atoms with Crippen LogP contribution in [-0.2, 0) is 4.74 Å². The van der Waals surface area contributed by atoms with Gasteiger partial charge in [-0.25, -0.2) is 0 Å². The molecule has 1 aliphatic rings. The van der Waals surface area contributed by atoms with Gasteiger partial charge in [0.2, 0.25) is 0 Å². The lowest BCUT2D eigenvalue weighted by Gasteiger charge is -2.24. The Balaban J connectivity index is 2.03. The molecule has 4 nitrogen and oxygen atoms in total. The van der Waals surface area contributed by atoms with Gasteiger partial charge in [-0.05, 0) is 31.9 Å². The molecule has 1 unspecified atom stereocenters. The fourth-order valence-electron chi connectivity index (χ4n) is 2.13. The van der Waals surface area contributed by atoms with Crippen LogP contribution >= 0.6 is 0 Å². The van der Waals surface area contributed by atoms with Crippen molar-refractivity contribution in [3.63, 3.8) is 0 Å². The van der Waals surface area contributed by atoms with Crippen LogP contribution in [0.4, 0.5) is 11.4 Å². The summed E-state index contributed by atoms with van der Waals surface area (Å²) >= 11 is 0. The molecule has 1 aromatic rings. The molecule has 0 aliphatic carbocycles. The number of nitrogen functional groups attached to an aromatic ring is 1. The number of nitrogens with one attached hydrogen (secondary N) is 1. The van der Waals surface area contributed by atoms with Gasteiger partial charge in [-0.3, -0.25) is 0 Å². The predicted molar refractivity (Wildman–Crippen MR) is 69.5 cm³/mol. The average Bonchev–Trinajstić information content (AvgIpc) is 2.75. The Morgan fingerprint density at radius 3 is 3.00 bits per heavy atom. The van der Waals surface area contributed by atoms with Crippen LogP contribution in [-0.4, -0.2) is 25.9 Å². The van der Waals surface area contributed by atoms with Gasteiger partial charge < -0.3 is 20.5 Å². The summed E-state index contributed by atoms with van der Waals surface area (Å²) < 4.78 is 10.9. The molecular formula is C13H20N2O2. The smallest absolute Gasteiger partial charge is 0.143 e. The number of hydrogen-bond donors (Lipinski definition) is 2. The van der Waals surface area contributed by atoms with Crippen molar-refractivity contribution in [2.24, 2.45) is 0 Å². The maximum Gasteiger partial charge on any atom is 0.143 e. The van der Waals surface area contributed by atoms with E-state index in [2.05, 4.69) is 12.2 Å². The van der Waals surface area contributed by atoms with Gasteiger partial charge in [0, 0.05) is 13.2 Å². The van der Waals surface area contributed by atoms with Gasteiger partial charge in [0.1, 0.15) is 5.75 Å². The topological polar surface area (TPSA) is 56.5 Å². The molecule has 2 rings (SSSR count). The normalized spacial score (nSPS) is 23.6. The lowest BCUT2D eigenvalue weighted by Crippen LogP contribution is -2.32. The molecule has 1 aliphatic heterocycles. The average molecular weight is 236 g/mol. The minimum Gasteiger partial charge on any atom is -0.495 e. The second-order valence-electron chi connectivity index (χ2n) is 4.68. The molecule has 0 amide bonds. The lowest BCUT2D eigenvalue weighted by atomic mass is 10.0. The minimum atomic E-state index is -0.0739. The van der Waals surface area contributed by atoms with Crippen molar-refractivity contribution in [1.82, 2.24) is 0 Å². The van der Waals surface area contributed by atoms with Crippen LogP contribution in [0.1, 0.15) is 19.8 Å². The summed E-state index contributed by atoms with van der Waals surface area (Å²) in [6, 6.07) is 5.74. The molecule has 0 bridgehead atoms. The first-order chi connectivity index (χ1) is 8.14. The third kappa shape index (κ3) is 2.64. The number of para-hydroxylation sites is 1. The second-order valence-corrected chi connectivity index (χ2v) is 4.68. The monoisotopic (exact) mass is 236 g/mol. The molecule has 0 radical (unpaired) electrons. The van der Waals surface area contributed by atoms with E-state index in [9.17, 15) is 0 Å². The summed E-state index contributed by atoms with van der Waals surface area (Å²) in [7, 11) is 1.62. The Morgan fingerprint density at radius 2 is 2.35 bits per heavy atom. The van der Waals surface area contributed by atoms with Crippen LogP contribution in [0.25, 0.3) is 0 Å². The van der Waals surface area contributed by atoms with Gasteiger partial charge in [-0.1, -0.05) is 6.07 Å². The number of rotatable bonds is 4. The summed E-state index contributed by atoms with van der Waals surface area (Å²) in [5, 5.41) is 3.34. The molecule has 4 heteroatoms. The summed E-state index contributed by atoms with van der Waals surface area (Å²) in [5.41, 5.74) is 7.47. The van der Waals surface area contributed by atoms with E-state index in [4.69, 9.17) is 15.2 Å². The number of benzene rings is 1. The number of hydrogen-bond acceptors (Lipinski definition) is 4. The summed E-state index contributed by atoms with van der Waals surface area (Å²) in [4.78, 5) is 0. The quantitative estimate of drug-likeness (QED) is 0.787. The fraction of sp³-hybridized carbons (Fsp3) is 0.538. The molecule has 3 N–H and O–H groups in total. The maximum atomic E-state index is 5.99. The molecule has 1 saturated heterocycles. The largest absolute Gasteiger partial charge is 0.495 e. The zero-order valence-electron chi connectivity index (χ0n) is 10.5. The highest BCUT2D eigenvalue weighted by atomic mass is 16.5. The third-order valence-corrected chi connectivity index (χ3v) is 3.24. The fourth-order valence-corrected chi connectivity index (χ4v) is 2.13.